The van der Waals surface area contributed by atoms with E-state index < -0.39 is 0 Å². The van der Waals surface area contributed by atoms with Crippen LogP contribution in [0.5, 0.6) is 0 Å². The Kier molecular flexibility index (Phi) is 1.41. The van der Waals surface area contributed by atoms with Crippen molar-refractivity contribution < 1.29 is 9.47 Å². The van der Waals surface area contributed by atoms with Gasteiger partial charge in [0.2, 0.25) is 6.29 Å². The normalized spacial score (nSPS) is 20.0. The van der Waals surface area contributed by atoms with Crippen molar-refractivity contribution in [3.63, 3.8) is 0 Å². The van der Waals surface area contributed by atoms with E-state index in [2.05, 4.69) is 10.2 Å². The minimum atomic E-state index is -0.220. The van der Waals surface area contributed by atoms with Crippen molar-refractivity contribution in [3.8, 4) is 0 Å². The molecular formula is C6H8N2O2. The zero-order valence-electron chi connectivity index (χ0n) is 5.41. The Morgan fingerprint density at radius 3 is 2.90 bits per heavy atom. The lowest BCUT2D eigenvalue weighted by atomic mass is 10.4. The Morgan fingerprint density at radius 2 is 2.30 bits per heavy atom. The predicted octanol–water partition coefficient (Wildman–Crippen LogP) is 0.455. The Labute approximate surface area is 58.1 Å². The van der Waals surface area contributed by atoms with Crippen molar-refractivity contribution >= 4 is 0 Å². The average Bonchev–Trinajstić information content (AvgIpc) is 2.59. The van der Waals surface area contributed by atoms with Gasteiger partial charge < -0.3 is 9.47 Å². The van der Waals surface area contributed by atoms with Crippen LogP contribution in [0.1, 0.15) is 12.0 Å². The highest BCUT2D eigenvalue weighted by molar-refractivity contribution is 4.99. The first-order valence-electron chi connectivity index (χ1n) is 3.19. The van der Waals surface area contributed by atoms with Crippen LogP contribution >= 0.6 is 0 Å². The van der Waals surface area contributed by atoms with Gasteiger partial charge in [0.15, 0.2) is 0 Å². The number of H-pyrrole nitrogens is 1. The van der Waals surface area contributed by atoms with E-state index in [-0.39, 0.29) is 6.29 Å². The summed E-state index contributed by atoms with van der Waals surface area (Å²) in [6.45, 7) is 1.34. The molecular weight excluding hydrogens is 132 g/mol. The summed E-state index contributed by atoms with van der Waals surface area (Å²) < 4.78 is 10.4. The van der Waals surface area contributed by atoms with Crippen molar-refractivity contribution in [3.05, 3.63) is 18.0 Å². The first-order valence-corrected chi connectivity index (χ1v) is 3.19. The van der Waals surface area contributed by atoms with E-state index in [1.165, 1.54) is 0 Å². The van der Waals surface area contributed by atoms with Gasteiger partial charge in [-0.15, -0.1) is 0 Å². The quantitative estimate of drug-likeness (QED) is 0.616. The molecule has 0 aromatic carbocycles. The Bertz CT molecular complexity index is 192. The minimum Gasteiger partial charge on any atom is -0.345 e. The van der Waals surface area contributed by atoms with Crippen LogP contribution in [0.25, 0.3) is 0 Å². The lowest BCUT2D eigenvalue weighted by Crippen LogP contribution is -1.97. The van der Waals surface area contributed by atoms with E-state index in [4.69, 9.17) is 9.47 Å². The maximum Gasteiger partial charge on any atom is 0.200 e. The second-order valence-electron chi connectivity index (χ2n) is 2.09. The largest absolute Gasteiger partial charge is 0.345 e. The highest BCUT2D eigenvalue weighted by atomic mass is 16.7. The summed E-state index contributed by atoms with van der Waals surface area (Å²) in [5, 5.41) is 6.56. The van der Waals surface area contributed by atoms with Crippen molar-refractivity contribution in [2.24, 2.45) is 0 Å². The van der Waals surface area contributed by atoms with E-state index >= 15 is 0 Å². The van der Waals surface area contributed by atoms with Gasteiger partial charge in [-0.3, -0.25) is 5.10 Å². The predicted molar refractivity (Wildman–Crippen MR) is 33.2 cm³/mol. The van der Waals surface area contributed by atoms with Gasteiger partial charge in [0, 0.05) is 6.20 Å². The summed E-state index contributed by atoms with van der Waals surface area (Å²) in [6, 6.07) is 1.84. The average molecular weight is 140 g/mol. The third kappa shape index (κ3) is 0.913. The van der Waals surface area contributed by atoms with Crippen molar-refractivity contribution in [1.82, 2.24) is 10.2 Å². The van der Waals surface area contributed by atoms with E-state index in [0.29, 0.717) is 13.2 Å². The molecule has 1 aromatic rings. The molecule has 4 heteroatoms. The highest BCUT2D eigenvalue weighted by Gasteiger charge is 2.18. The number of aromatic amines is 1. The van der Waals surface area contributed by atoms with E-state index in [1.807, 2.05) is 6.07 Å². The molecule has 1 aliphatic heterocycles. The molecule has 0 radical (unpaired) electrons. The molecule has 0 amide bonds. The van der Waals surface area contributed by atoms with Crippen molar-refractivity contribution in [2.75, 3.05) is 13.2 Å². The summed E-state index contributed by atoms with van der Waals surface area (Å²) in [6.07, 6.45) is 1.46. The fraction of sp³-hybridized carbons (Fsp3) is 0.500. The second-order valence-corrected chi connectivity index (χ2v) is 2.09. The van der Waals surface area contributed by atoms with Gasteiger partial charge in [-0.05, 0) is 6.07 Å². The molecule has 4 nitrogen and oxygen atoms in total. The second kappa shape index (κ2) is 2.40. The summed E-state index contributed by atoms with van der Waals surface area (Å²) >= 11 is 0. The highest BCUT2D eigenvalue weighted by Crippen LogP contribution is 2.19. The van der Waals surface area contributed by atoms with Gasteiger partial charge in [0.05, 0.1) is 18.9 Å². The van der Waals surface area contributed by atoms with Crippen molar-refractivity contribution in [1.29, 1.82) is 0 Å². The number of nitrogens with one attached hydrogen (secondary N) is 1. The minimum absolute atomic E-state index is 0.220. The van der Waals surface area contributed by atoms with Crippen LogP contribution in [-0.2, 0) is 9.47 Å². The lowest BCUT2D eigenvalue weighted by Gasteiger charge is -2.03. The molecule has 1 aliphatic rings. The Balaban J connectivity index is 2.12. The maximum atomic E-state index is 5.20. The smallest absolute Gasteiger partial charge is 0.200 e. The maximum absolute atomic E-state index is 5.20. The molecule has 54 valence electrons. The van der Waals surface area contributed by atoms with Gasteiger partial charge in [-0.1, -0.05) is 0 Å². The summed E-state index contributed by atoms with van der Waals surface area (Å²) in [5.41, 5.74) is 0.887. The monoisotopic (exact) mass is 140 g/mol. The van der Waals surface area contributed by atoms with Gasteiger partial charge in [0.25, 0.3) is 0 Å². The SMILES string of the molecule is c1cc(C2OCCO2)[nH]n1. The number of aromatic nitrogens is 2. The third-order valence-corrected chi connectivity index (χ3v) is 1.40. The first kappa shape index (κ1) is 5.88. The van der Waals surface area contributed by atoms with Crippen LogP contribution < -0.4 is 0 Å². The van der Waals surface area contributed by atoms with Crippen LogP contribution in [0, 0.1) is 0 Å². The molecule has 10 heavy (non-hydrogen) atoms. The fourth-order valence-electron chi connectivity index (χ4n) is 0.936. The Morgan fingerprint density at radius 1 is 1.50 bits per heavy atom. The van der Waals surface area contributed by atoms with Crippen molar-refractivity contribution in [2.45, 2.75) is 6.29 Å². The first-order chi connectivity index (χ1) is 4.97. The van der Waals surface area contributed by atoms with Crippen LogP contribution in [0.15, 0.2) is 12.3 Å². The molecule has 0 saturated carbocycles. The molecule has 2 heterocycles. The zero-order valence-corrected chi connectivity index (χ0v) is 5.41. The number of hydrogen-bond donors (Lipinski definition) is 1. The van der Waals surface area contributed by atoms with Gasteiger partial charge >= 0.3 is 0 Å². The molecule has 1 saturated heterocycles. The summed E-state index contributed by atoms with van der Waals surface area (Å²) in [7, 11) is 0. The number of rotatable bonds is 1. The van der Waals surface area contributed by atoms with Crippen LogP contribution in [-0.4, -0.2) is 23.4 Å². The molecule has 0 atom stereocenters. The van der Waals surface area contributed by atoms with E-state index in [9.17, 15) is 0 Å². The molecule has 0 unspecified atom stereocenters. The van der Waals surface area contributed by atoms with Gasteiger partial charge in [0.1, 0.15) is 0 Å². The molecule has 0 bridgehead atoms. The van der Waals surface area contributed by atoms with Gasteiger partial charge in [-0.25, -0.2) is 0 Å². The Hall–Kier alpha value is -0.870. The number of hydrogen-bond acceptors (Lipinski definition) is 3. The van der Waals surface area contributed by atoms with E-state index in [0.717, 1.165) is 5.69 Å². The topological polar surface area (TPSA) is 47.1 Å². The van der Waals surface area contributed by atoms with Crippen LogP contribution in [0.3, 0.4) is 0 Å². The molecule has 1 N–H and O–H groups in total. The molecule has 1 fully saturated rings. The third-order valence-electron chi connectivity index (χ3n) is 1.40. The molecule has 1 aromatic heterocycles. The van der Waals surface area contributed by atoms with Gasteiger partial charge in [-0.2, -0.15) is 5.10 Å². The molecule has 0 spiro atoms. The number of ether oxygens (including phenoxy) is 2. The summed E-state index contributed by atoms with van der Waals surface area (Å²) in [4.78, 5) is 0. The number of nitrogens with zero attached hydrogens (tertiary/aromatic N) is 1. The molecule has 0 aliphatic carbocycles. The fourth-order valence-corrected chi connectivity index (χ4v) is 0.936. The zero-order chi connectivity index (χ0) is 6.81. The molecule has 2 rings (SSSR count). The van der Waals surface area contributed by atoms with E-state index in [1.54, 1.807) is 6.20 Å². The van der Waals surface area contributed by atoms with Crippen LogP contribution in [0.4, 0.5) is 0 Å². The summed E-state index contributed by atoms with van der Waals surface area (Å²) in [5.74, 6) is 0. The van der Waals surface area contributed by atoms with Crippen LogP contribution in [0.2, 0.25) is 0 Å². The lowest BCUT2D eigenvalue weighted by molar-refractivity contribution is -0.0473. The standard InChI is InChI=1S/C6H8N2O2/c1-2-7-8-5(1)6-9-3-4-10-6/h1-2,6H,3-4H2,(H,7,8).